The zero-order valence-corrected chi connectivity index (χ0v) is 31.4. The highest BCUT2D eigenvalue weighted by Crippen LogP contribution is 2.57. The quantitative estimate of drug-likeness (QED) is 0.161. The summed E-state index contributed by atoms with van der Waals surface area (Å²) in [5.74, 6) is -0.823. The largest absolute Gasteiger partial charge is 0.467 e. The van der Waals surface area contributed by atoms with E-state index in [9.17, 15) is 19.2 Å². The Bertz CT molecular complexity index is 1990. The minimum Gasteiger partial charge on any atom is -0.467 e. The van der Waals surface area contributed by atoms with Gasteiger partial charge in [-0.15, -0.1) is 0 Å². The summed E-state index contributed by atoms with van der Waals surface area (Å²) in [4.78, 5) is 58.0. The van der Waals surface area contributed by atoms with E-state index in [0.29, 0.717) is 24.2 Å². The fourth-order valence-electron chi connectivity index (χ4n) is 7.20. The number of carbonyl (C=O) groups is 4. The number of amides is 3. The molecule has 11 nitrogen and oxygen atoms in total. The molecule has 3 aromatic carbocycles. The summed E-state index contributed by atoms with van der Waals surface area (Å²) in [6.45, 7) is 10.9. The maximum Gasteiger partial charge on any atom is 0.416 e. The van der Waals surface area contributed by atoms with Crippen molar-refractivity contribution in [3.63, 3.8) is 0 Å². The van der Waals surface area contributed by atoms with Crippen molar-refractivity contribution in [3.05, 3.63) is 100 Å². The molecule has 0 aliphatic carbocycles. The van der Waals surface area contributed by atoms with Crippen LogP contribution >= 0.6 is 15.9 Å². The molecule has 1 aromatic heterocycles. The Balaban J connectivity index is 1.52. The van der Waals surface area contributed by atoms with E-state index < -0.39 is 47.1 Å². The maximum atomic E-state index is 14.3. The molecule has 1 N–H and O–H groups in total. The van der Waals surface area contributed by atoms with Gasteiger partial charge in [-0.2, -0.15) is 0 Å². The second kappa shape index (κ2) is 13.4. The van der Waals surface area contributed by atoms with Gasteiger partial charge in [0, 0.05) is 45.7 Å². The zero-order valence-electron chi connectivity index (χ0n) is 29.9. The van der Waals surface area contributed by atoms with Gasteiger partial charge >= 0.3 is 18.2 Å². The molecule has 6 rings (SSSR count). The molecular formula is C39H43BrN4O7. The van der Waals surface area contributed by atoms with Gasteiger partial charge in [0.25, 0.3) is 5.91 Å². The molecule has 12 heteroatoms. The number of likely N-dealkylation sites (tertiary alicyclic amines) is 1. The summed E-state index contributed by atoms with van der Waals surface area (Å²) >= 11 is 3.41. The molecule has 1 saturated heterocycles. The molecular weight excluding hydrogens is 716 g/mol. The Labute approximate surface area is 305 Å². The van der Waals surface area contributed by atoms with Crippen molar-refractivity contribution in [3.8, 4) is 0 Å². The van der Waals surface area contributed by atoms with Crippen LogP contribution in [0.3, 0.4) is 0 Å². The number of hydrogen-bond acceptors (Lipinski definition) is 7. The van der Waals surface area contributed by atoms with Crippen LogP contribution < -0.4 is 10.2 Å². The van der Waals surface area contributed by atoms with Crippen LogP contribution in [0.2, 0.25) is 0 Å². The number of methoxy groups -OCH3 is 1. The summed E-state index contributed by atoms with van der Waals surface area (Å²) in [5, 5.41) is 3.96. The number of hydrogen-bond donors (Lipinski definition) is 1. The van der Waals surface area contributed by atoms with Crippen LogP contribution in [0.15, 0.2) is 83.5 Å². The minimum absolute atomic E-state index is 0.0817. The number of esters is 1. The van der Waals surface area contributed by atoms with E-state index in [4.69, 9.17) is 14.2 Å². The molecule has 268 valence electrons. The Morgan fingerprint density at radius 1 is 0.863 bits per heavy atom. The van der Waals surface area contributed by atoms with Gasteiger partial charge < -0.3 is 24.1 Å². The third kappa shape index (κ3) is 6.69. The van der Waals surface area contributed by atoms with Gasteiger partial charge in [0.1, 0.15) is 28.9 Å². The lowest BCUT2D eigenvalue weighted by molar-refractivity contribution is -0.146. The van der Waals surface area contributed by atoms with Gasteiger partial charge in [0.15, 0.2) is 0 Å². The van der Waals surface area contributed by atoms with Crippen LogP contribution in [0.4, 0.5) is 15.3 Å². The normalized spacial score (nSPS) is 19.8. The molecule has 0 unspecified atom stereocenters. The smallest absolute Gasteiger partial charge is 0.416 e. The monoisotopic (exact) mass is 758 g/mol. The second-order valence-electron chi connectivity index (χ2n) is 14.9. The first-order valence-corrected chi connectivity index (χ1v) is 17.7. The number of nitrogens with zero attached hydrogens (tertiary/aromatic N) is 3. The Kier molecular flexibility index (Phi) is 9.43. The first kappa shape index (κ1) is 36.0. The van der Waals surface area contributed by atoms with Crippen LogP contribution in [-0.4, -0.2) is 70.6 Å². The highest BCUT2D eigenvalue weighted by Gasteiger charge is 2.67. The molecule has 1 fully saturated rings. The van der Waals surface area contributed by atoms with E-state index in [1.54, 1.807) is 53.7 Å². The number of ether oxygens (including phenoxy) is 3. The summed E-state index contributed by atoms with van der Waals surface area (Å²) in [7, 11) is 1.28. The van der Waals surface area contributed by atoms with Crippen molar-refractivity contribution in [2.45, 2.75) is 83.3 Å². The van der Waals surface area contributed by atoms with Crippen molar-refractivity contribution < 1.29 is 33.4 Å². The first-order chi connectivity index (χ1) is 24.1. The number of halogens is 1. The standard InChI is InChI=1S/C39H43BrN4O7/c1-37(2,3)50-35(47)43-30-15-11-9-13-28(30)39(22-31(33(46)49-7)44(34(39)43)36(48)51-38(4,5)6)42-23-25(27-12-8-10-14-29(27)42)20-21-41-32(45)24-16-18-26(40)19-17-24/h8-19,23,31,34H,20-22H2,1-7H3,(H,41,45)/t31-,34+,39-/m1/s1. The van der Waals surface area contributed by atoms with Crippen LogP contribution in [0, 0.1) is 0 Å². The van der Waals surface area contributed by atoms with Gasteiger partial charge in [-0.05, 0) is 89.9 Å². The van der Waals surface area contributed by atoms with Gasteiger partial charge in [0.2, 0.25) is 0 Å². The lowest BCUT2D eigenvalue weighted by Crippen LogP contribution is -2.59. The van der Waals surface area contributed by atoms with Gasteiger partial charge in [-0.25, -0.2) is 14.4 Å². The topological polar surface area (TPSA) is 119 Å². The highest BCUT2D eigenvalue weighted by atomic mass is 79.9. The van der Waals surface area contributed by atoms with E-state index in [0.717, 1.165) is 26.5 Å². The van der Waals surface area contributed by atoms with Crippen molar-refractivity contribution in [1.29, 1.82) is 0 Å². The van der Waals surface area contributed by atoms with Crippen molar-refractivity contribution in [2.24, 2.45) is 0 Å². The number of para-hydroxylation sites is 2. The zero-order chi connectivity index (χ0) is 36.9. The molecule has 3 atom stereocenters. The Morgan fingerprint density at radius 3 is 2.16 bits per heavy atom. The van der Waals surface area contributed by atoms with E-state index >= 15 is 0 Å². The summed E-state index contributed by atoms with van der Waals surface area (Å²) in [6, 6.07) is 21.4. The summed E-state index contributed by atoms with van der Waals surface area (Å²) in [5.41, 5.74) is 0.657. The third-order valence-electron chi connectivity index (χ3n) is 9.08. The number of rotatable bonds is 6. The molecule has 3 heterocycles. The number of nitrogens with one attached hydrogen (secondary N) is 1. The van der Waals surface area contributed by atoms with Gasteiger partial charge in [0.05, 0.1) is 12.8 Å². The van der Waals surface area contributed by atoms with Crippen molar-refractivity contribution in [1.82, 2.24) is 14.8 Å². The van der Waals surface area contributed by atoms with Crippen LogP contribution in [0.25, 0.3) is 10.9 Å². The molecule has 0 spiro atoms. The van der Waals surface area contributed by atoms with Gasteiger partial charge in [-0.3, -0.25) is 14.6 Å². The van der Waals surface area contributed by atoms with Crippen LogP contribution in [-0.2, 0) is 31.0 Å². The van der Waals surface area contributed by atoms with E-state index in [-0.39, 0.29) is 12.3 Å². The summed E-state index contributed by atoms with van der Waals surface area (Å²) in [6.07, 6.45) is 0.0602. The highest BCUT2D eigenvalue weighted by molar-refractivity contribution is 9.10. The molecule has 0 saturated carbocycles. The molecule has 0 bridgehead atoms. The third-order valence-corrected chi connectivity index (χ3v) is 9.61. The Morgan fingerprint density at radius 2 is 1.49 bits per heavy atom. The van der Waals surface area contributed by atoms with Crippen molar-refractivity contribution >= 4 is 56.6 Å². The van der Waals surface area contributed by atoms with Gasteiger partial charge in [-0.1, -0.05) is 52.3 Å². The summed E-state index contributed by atoms with van der Waals surface area (Å²) < 4.78 is 20.1. The van der Waals surface area contributed by atoms with E-state index in [1.807, 2.05) is 66.9 Å². The fraction of sp³-hybridized carbons (Fsp3) is 0.385. The molecule has 51 heavy (non-hydrogen) atoms. The van der Waals surface area contributed by atoms with E-state index in [1.165, 1.54) is 16.9 Å². The average molecular weight is 760 g/mol. The molecule has 2 aliphatic heterocycles. The lowest BCUT2D eigenvalue weighted by atomic mass is 9.86. The molecule has 0 radical (unpaired) electrons. The minimum atomic E-state index is -1.18. The first-order valence-electron chi connectivity index (χ1n) is 16.9. The maximum absolute atomic E-state index is 14.3. The molecule has 2 aliphatic rings. The number of fused-ring (bicyclic) bond motifs is 4. The number of aromatic nitrogens is 1. The lowest BCUT2D eigenvalue weighted by Gasteiger charge is -2.39. The number of carbonyl (C=O) groups excluding carboxylic acids is 4. The molecule has 4 aromatic rings. The number of anilines is 1. The van der Waals surface area contributed by atoms with Crippen LogP contribution in [0.5, 0.6) is 0 Å². The van der Waals surface area contributed by atoms with Crippen LogP contribution in [0.1, 0.15) is 69.4 Å². The SMILES string of the molecule is COC(=O)[C@H]1C[C@@]2(n3cc(CCNC(=O)c4ccc(Br)cc4)c4ccccc43)c3ccccc3N(C(=O)OC(C)(C)C)[C@H]2N1C(=O)OC(C)(C)C. The number of benzene rings is 3. The van der Waals surface area contributed by atoms with E-state index in [2.05, 4.69) is 25.8 Å². The Hall–Kier alpha value is -4.84. The molecule has 3 amide bonds. The second-order valence-corrected chi connectivity index (χ2v) is 15.8. The fourth-order valence-corrected chi connectivity index (χ4v) is 7.46. The average Bonchev–Trinajstić information content (AvgIpc) is 3.69. The predicted octanol–water partition coefficient (Wildman–Crippen LogP) is 7.38. The predicted molar refractivity (Wildman–Crippen MR) is 197 cm³/mol. The van der Waals surface area contributed by atoms with Crippen molar-refractivity contribution in [2.75, 3.05) is 18.6 Å².